The highest BCUT2D eigenvalue weighted by molar-refractivity contribution is 5.97. The molecule has 108 valence electrons. The van der Waals surface area contributed by atoms with Crippen molar-refractivity contribution in [3.05, 3.63) is 23.8 Å². The Morgan fingerprint density at radius 1 is 1.25 bits per heavy atom. The summed E-state index contributed by atoms with van der Waals surface area (Å²) in [6.45, 7) is 2.79. The Bertz CT molecular complexity index is 516. The lowest BCUT2D eigenvalue weighted by Gasteiger charge is -2.39. The zero-order valence-corrected chi connectivity index (χ0v) is 11.2. The Kier molecular flexibility index (Phi) is 3.27. The first kappa shape index (κ1) is 13.2. The van der Waals surface area contributed by atoms with Crippen molar-refractivity contribution in [3.8, 4) is 0 Å². The second-order valence-corrected chi connectivity index (χ2v) is 5.14. The molecule has 2 aliphatic heterocycles. The van der Waals surface area contributed by atoms with E-state index in [9.17, 15) is 4.79 Å². The SMILES string of the molecule is Nc1c(C(=O)O)cccc1N1CCC2(CC1)OCCO2. The zero-order chi connectivity index (χ0) is 14.2. The van der Waals surface area contributed by atoms with Crippen molar-refractivity contribution in [3.63, 3.8) is 0 Å². The summed E-state index contributed by atoms with van der Waals surface area (Å²) in [6, 6.07) is 5.11. The van der Waals surface area contributed by atoms with Crippen LogP contribution < -0.4 is 10.6 Å². The van der Waals surface area contributed by atoms with Crippen LogP contribution in [0.2, 0.25) is 0 Å². The van der Waals surface area contributed by atoms with Gasteiger partial charge in [0, 0.05) is 25.9 Å². The van der Waals surface area contributed by atoms with Crippen LogP contribution in [0.15, 0.2) is 18.2 Å². The first-order valence-electron chi connectivity index (χ1n) is 6.76. The average molecular weight is 278 g/mol. The topological polar surface area (TPSA) is 85.0 Å². The summed E-state index contributed by atoms with van der Waals surface area (Å²) in [5.74, 6) is -1.43. The van der Waals surface area contributed by atoms with E-state index in [0.29, 0.717) is 18.9 Å². The van der Waals surface area contributed by atoms with Crippen LogP contribution in [0.4, 0.5) is 11.4 Å². The highest BCUT2D eigenvalue weighted by Gasteiger charge is 2.40. The van der Waals surface area contributed by atoms with Gasteiger partial charge in [0.2, 0.25) is 0 Å². The number of piperidine rings is 1. The van der Waals surface area contributed by atoms with E-state index in [1.165, 1.54) is 6.07 Å². The van der Waals surface area contributed by atoms with E-state index in [1.807, 2.05) is 6.07 Å². The van der Waals surface area contributed by atoms with E-state index in [-0.39, 0.29) is 5.56 Å². The van der Waals surface area contributed by atoms with E-state index in [4.69, 9.17) is 20.3 Å². The predicted octanol–water partition coefficient (Wildman–Crippen LogP) is 1.31. The molecular weight excluding hydrogens is 260 g/mol. The molecule has 6 nitrogen and oxygen atoms in total. The van der Waals surface area contributed by atoms with E-state index in [2.05, 4.69) is 4.90 Å². The number of benzene rings is 1. The number of anilines is 2. The molecule has 0 bridgehead atoms. The van der Waals surface area contributed by atoms with Crippen molar-refractivity contribution in [1.82, 2.24) is 0 Å². The molecule has 3 rings (SSSR count). The largest absolute Gasteiger partial charge is 0.478 e. The van der Waals surface area contributed by atoms with Gasteiger partial charge in [-0.05, 0) is 12.1 Å². The Labute approximate surface area is 117 Å². The molecule has 0 amide bonds. The van der Waals surface area contributed by atoms with Gasteiger partial charge in [-0.25, -0.2) is 4.79 Å². The lowest BCUT2D eigenvalue weighted by atomic mass is 10.0. The molecule has 0 atom stereocenters. The number of para-hydroxylation sites is 1. The number of carbonyl (C=O) groups is 1. The lowest BCUT2D eigenvalue weighted by molar-refractivity contribution is -0.169. The number of ether oxygens (including phenoxy) is 2. The Balaban J connectivity index is 1.78. The van der Waals surface area contributed by atoms with Crippen LogP contribution in [-0.2, 0) is 9.47 Å². The fraction of sp³-hybridized carbons (Fsp3) is 0.500. The van der Waals surface area contributed by atoms with E-state index >= 15 is 0 Å². The number of carboxylic acids is 1. The fourth-order valence-corrected chi connectivity index (χ4v) is 2.89. The van der Waals surface area contributed by atoms with Crippen LogP contribution in [0.1, 0.15) is 23.2 Å². The summed E-state index contributed by atoms with van der Waals surface area (Å²) in [7, 11) is 0. The minimum absolute atomic E-state index is 0.149. The van der Waals surface area contributed by atoms with Crippen LogP contribution in [0.3, 0.4) is 0 Å². The average Bonchev–Trinajstić information content (AvgIpc) is 2.88. The van der Waals surface area contributed by atoms with Crippen LogP contribution >= 0.6 is 0 Å². The molecule has 1 aromatic carbocycles. The van der Waals surface area contributed by atoms with Crippen molar-refractivity contribution >= 4 is 17.3 Å². The summed E-state index contributed by atoms with van der Waals surface area (Å²) >= 11 is 0. The smallest absolute Gasteiger partial charge is 0.337 e. The van der Waals surface area contributed by atoms with Gasteiger partial charge >= 0.3 is 5.97 Å². The molecule has 0 unspecified atom stereocenters. The van der Waals surface area contributed by atoms with Crippen LogP contribution in [0, 0.1) is 0 Å². The number of hydrogen-bond acceptors (Lipinski definition) is 5. The molecule has 1 aromatic rings. The third kappa shape index (κ3) is 2.21. The van der Waals surface area contributed by atoms with E-state index in [0.717, 1.165) is 31.6 Å². The van der Waals surface area contributed by atoms with Crippen molar-refractivity contribution in [1.29, 1.82) is 0 Å². The van der Waals surface area contributed by atoms with Crippen molar-refractivity contribution in [2.75, 3.05) is 36.9 Å². The number of hydrogen-bond donors (Lipinski definition) is 2. The fourth-order valence-electron chi connectivity index (χ4n) is 2.89. The van der Waals surface area contributed by atoms with Crippen molar-refractivity contribution < 1.29 is 19.4 Å². The van der Waals surface area contributed by atoms with E-state index in [1.54, 1.807) is 6.07 Å². The van der Waals surface area contributed by atoms with Crippen molar-refractivity contribution in [2.45, 2.75) is 18.6 Å². The number of rotatable bonds is 2. The van der Waals surface area contributed by atoms with Gasteiger partial charge in [-0.15, -0.1) is 0 Å². The lowest BCUT2D eigenvalue weighted by Crippen LogP contribution is -2.45. The maximum absolute atomic E-state index is 11.1. The quantitative estimate of drug-likeness (QED) is 0.793. The molecule has 2 aliphatic rings. The Hall–Kier alpha value is -1.79. The summed E-state index contributed by atoms with van der Waals surface area (Å²) in [5.41, 5.74) is 7.22. The number of nitrogens with two attached hydrogens (primary N) is 1. The second kappa shape index (κ2) is 4.96. The zero-order valence-electron chi connectivity index (χ0n) is 11.2. The van der Waals surface area contributed by atoms with Crippen LogP contribution in [0.5, 0.6) is 0 Å². The predicted molar refractivity (Wildman–Crippen MR) is 73.9 cm³/mol. The van der Waals surface area contributed by atoms with Gasteiger partial charge < -0.3 is 25.2 Å². The highest BCUT2D eigenvalue weighted by atomic mass is 16.7. The van der Waals surface area contributed by atoms with E-state index < -0.39 is 11.8 Å². The molecule has 2 fully saturated rings. The molecule has 0 saturated carbocycles. The maximum Gasteiger partial charge on any atom is 0.337 e. The van der Waals surface area contributed by atoms with Crippen LogP contribution in [0.25, 0.3) is 0 Å². The standard InChI is InChI=1S/C14H18N2O4/c15-12-10(13(17)18)2-1-3-11(12)16-6-4-14(5-7-16)19-8-9-20-14/h1-3H,4-9,15H2,(H,17,18). The summed E-state index contributed by atoms with van der Waals surface area (Å²) < 4.78 is 11.4. The molecule has 0 radical (unpaired) electrons. The van der Waals surface area contributed by atoms with Gasteiger partial charge in [0.25, 0.3) is 0 Å². The van der Waals surface area contributed by atoms with Gasteiger partial charge in [-0.3, -0.25) is 0 Å². The molecule has 20 heavy (non-hydrogen) atoms. The van der Waals surface area contributed by atoms with Crippen molar-refractivity contribution in [2.24, 2.45) is 0 Å². The van der Waals surface area contributed by atoms with Gasteiger partial charge in [0.1, 0.15) is 0 Å². The van der Waals surface area contributed by atoms with Gasteiger partial charge in [0.15, 0.2) is 5.79 Å². The molecule has 2 saturated heterocycles. The Morgan fingerprint density at radius 3 is 2.50 bits per heavy atom. The molecule has 0 aliphatic carbocycles. The minimum atomic E-state index is -1.000. The molecule has 3 N–H and O–H groups in total. The number of carboxylic acid groups (broad SMARTS) is 1. The summed E-state index contributed by atoms with van der Waals surface area (Å²) in [6.07, 6.45) is 1.54. The highest BCUT2D eigenvalue weighted by Crippen LogP contribution is 2.35. The third-order valence-electron chi connectivity index (χ3n) is 3.99. The molecule has 1 spiro atoms. The third-order valence-corrected chi connectivity index (χ3v) is 3.99. The Morgan fingerprint density at radius 2 is 1.90 bits per heavy atom. The molecule has 0 aromatic heterocycles. The molecule has 6 heteroatoms. The van der Waals surface area contributed by atoms with Gasteiger partial charge in [-0.2, -0.15) is 0 Å². The summed E-state index contributed by atoms with van der Waals surface area (Å²) in [4.78, 5) is 13.2. The minimum Gasteiger partial charge on any atom is -0.478 e. The number of nitrogen functional groups attached to an aromatic ring is 1. The summed E-state index contributed by atoms with van der Waals surface area (Å²) in [5, 5.41) is 9.12. The maximum atomic E-state index is 11.1. The van der Waals surface area contributed by atoms with Crippen LogP contribution in [-0.4, -0.2) is 43.2 Å². The van der Waals surface area contributed by atoms with Gasteiger partial charge in [0.05, 0.1) is 30.2 Å². The monoisotopic (exact) mass is 278 g/mol. The van der Waals surface area contributed by atoms with Gasteiger partial charge in [-0.1, -0.05) is 6.07 Å². The molecular formula is C14H18N2O4. The second-order valence-electron chi connectivity index (χ2n) is 5.14. The number of aromatic carboxylic acids is 1. The first-order valence-corrected chi connectivity index (χ1v) is 6.76. The first-order chi connectivity index (χ1) is 9.61. The number of nitrogens with zero attached hydrogens (tertiary/aromatic N) is 1. The molecule has 2 heterocycles. The normalized spacial score (nSPS) is 21.3.